The van der Waals surface area contributed by atoms with Gasteiger partial charge in [0.25, 0.3) is 0 Å². The fourth-order valence-electron chi connectivity index (χ4n) is 2.58. The SMILES string of the molecule is COC(=O)[C@@H]1C[C@H](F)CN1C(=O)CCC(=O)OCc1ccccc1. The Labute approximate surface area is 139 Å². The Morgan fingerprint density at radius 3 is 2.58 bits per heavy atom. The summed E-state index contributed by atoms with van der Waals surface area (Å²) in [5.74, 6) is -1.62. The first-order chi connectivity index (χ1) is 11.5. The summed E-state index contributed by atoms with van der Waals surface area (Å²) in [5, 5.41) is 0. The third-order valence-electron chi connectivity index (χ3n) is 3.83. The van der Waals surface area contributed by atoms with E-state index in [1.54, 1.807) is 0 Å². The number of hydrogen-bond donors (Lipinski definition) is 0. The molecule has 0 aromatic heterocycles. The second-order valence-corrected chi connectivity index (χ2v) is 5.56. The van der Waals surface area contributed by atoms with Gasteiger partial charge in [-0.25, -0.2) is 9.18 Å². The molecule has 130 valence electrons. The van der Waals surface area contributed by atoms with E-state index in [9.17, 15) is 18.8 Å². The summed E-state index contributed by atoms with van der Waals surface area (Å²) in [6.07, 6.45) is -1.58. The molecule has 1 aromatic rings. The van der Waals surface area contributed by atoms with Gasteiger partial charge in [-0.2, -0.15) is 0 Å². The van der Waals surface area contributed by atoms with Crippen LogP contribution >= 0.6 is 0 Å². The van der Waals surface area contributed by atoms with E-state index in [2.05, 4.69) is 4.74 Å². The van der Waals surface area contributed by atoms with Gasteiger partial charge >= 0.3 is 11.9 Å². The van der Waals surface area contributed by atoms with Gasteiger partial charge in [-0.1, -0.05) is 30.3 Å². The summed E-state index contributed by atoms with van der Waals surface area (Å²) in [6, 6.07) is 8.25. The Morgan fingerprint density at radius 1 is 1.21 bits per heavy atom. The lowest BCUT2D eigenvalue weighted by Crippen LogP contribution is -2.41. The number of likely N-dealkylation sites (tertiary alicyclic amines) is 1. The number of ether oxygens (including phenoxy) is 2. The molecule has 1 saturated heterocycles. The third-order valence-corrected chi connectivity index (χ3v) is 3.83. The molecule has 1 fully saturated rings. The molecule has 1 aliphatic heterocycles. The molecule has 7 heteroatoms. The number of rotatable bonds is 6. The summed E-state index contributed by atoms with van der Waals surface area (Å²) in [7, 11) is 1.19. The van der Waals surface area contributed by atoms with Crippen molar-refractivity contribution in [2.75, 3.05) is 13.7 Å². The molecule has 0 unspecified atom stereocenters. The maximum absolute atomic E-state index is 13.5. The molecule has 0 radical (unpaired) electrons. The first-order valence-corrected chi connectivity index (χ1v) is 7.72. The molecule has 24 heavy (non-hydrogen) atoms. The number of carbonyl (C=O) groups excluding carboxylic acids is 3. The maximum Gasteiger partial charge on any atom is 0.328 e. The van der Waals surface area contributed by atoms with Gasteiger partial charge in [0.05, 0.1) is 20.1 Å². The van der Waals surface area contributed by atoms with E-state index >= 15 is 0 Å². The number of alkyl halides is 1. The van der Waals surface area contributed by atoms with Crippen LogP contribution in [0.2, 0.25) is 0 Å². The van der Waals surface area contributed by atoms with Crippen molar-refractivity contribution in [3.8, 4) is 0 Å². The summed E-state index contributed by atoms with van der Waals surface area (Å²) < 4.78 is 23.2. The Hall–Kier alpha value is -2.44. The van der Waals surface area contributed by atoms with Crippen LogP contribution in [0.1, 0.15) is 24.8 Å². The molecule has 0 saturated carbocycles. The molecule has 0 bridgehead atoms. The van der Waals surface area contributed by atoms with Crippen molar-refractivity contribution in [1.82, 2.24) is 4.90 Å². The standard InChI is InChI=1S/C17H20FNO5/c1-23-17(22)14-9-13(18)10-19(14)15(20)7-8-16(21)24-11-12-5-3-2-4-6-12/h2-6,13-14H,7-11H2,1H3/t13-,14-/m0/s1. The van der Waals surface area contributed by atoms with E-state index in [0.29, 0.717) is 0 Å². The van der Waals surface area contributed by atoms with Crippen LogP contribution < -0.4 is 0 Å². The number of halogens is 1. The number of carbonyl (C=O) groups is 3. The zero-order valence-corrected chi connectivity index (χ0v) is 13.4. The lowest BCUT2D eigenvalue weighted by atomic mass is 10.2. The molecule has 2 atom stereocenters. The maximum atomic E-state index is 13.5. The van der Waals surface area contributed by atoms with Gasteiger partial charge in [0.15, 0.2) is 0 Å². The Kier molecular flexibility index (Phi) is 6.28. The van der Waals surface area contributed by atoms with Crippen molar-refractivity contribution in [3.63, 3.8) is 0 Å². The third kappa shape index (κ3) is 4.78. The molecule has 1 amide bonds. The first-order valence-electron chi connectivity index (χ1n) is 7.72. The predicted octanol–water partition coefficient (Wildman–Crippen LogP) is 1.62. The van der Waals surface area contributed by atoms with Gasteiger partial charge in [-0.15, -0.1) is 0 Å². The molecule has 0 spiro atoms. The quantitative estimate of drug-likeness (QED) is 0.738. The number of hydrogen-bond acceptors (Lipinski definition) is 5. The van der Waals surface area contributed by atoms with Crippen LogP contribution in [0.25, 0.3) is 0 Å². The van der Waals surface area contributed by atoms with Crippen molar-refractivity contribution < 1.29 is 28.2 Å². The molecule has 0 N–H and O–H groups in total. The van der Waals surface area contributed by atoms with Crippen molar-refractivity contribution in [2.24, 2.45) is 0 Å². The first kappa shape index (κ1) is 17.9. The van der Waals surface area contributed by atoms with E-state index in [4.69, 9.17) is 4.74 Å². The minimum Gasteiger partial charge on any atom is -0.467 e. The van der Waals surface area contributed by atoms with Crippen LogP contribution in [0.5, 0.6) is 0 Å². The second-order valence-electron chi connectivity index (χ2n) is 5.56. The molecule has 1 heterocycles. The molecule has 2 rings (SSSR count). The van der Waals surface area contributed by atoms with Gasteiger partial charge in [-0.3, -0.25) is 9.59 Å². The second kappa shape index (κ2) is 8.42. The number of amides is 1. The minimum absolute atomic E-state index is 0.0726. The average molecular weight is 337 g/mol. The monoisotopic (exact) mass is 337 g/mol. The highest BCUT2D eigenvalue weighted by Gasteiger charge is 2.40. The summed E-state index contributed by atoms with van der Waals surface area (Å²) in [4.78, 5) is 36.6. The van der Waals surface area contributed by atoms with Gasteiger partial charge in [-0.05, 0) is 5.56 Å². The predicted molar refractivity (Wildman–Crippen MR) is 82.5 cm³/mol. The highest BCUT2D eigenvalue weighted by atomic mass is 19.1. The Bertz CT molecular complexity index is 592. The number of nitrogens with zero attached hydrogens (tertiary/aromatic N) is 1. The smallest absolute Gasteiger partial charge is 0.328 e. The van der Waals surface area contributed by atoms with Crippen molar-refractivity contribution >= 4 is 17.8 Å². The van der Waals surface area contributed by atoms with E-state index in [0.717, 1.165) is 10.5 Å². The van der Waals surface area contributed by atoms with Crippen LogP contribution in [-0.4, -0.2) is 48.6 Å². The zero-order chi connectivity index (χ0) is 17.5. The van der Waals surface area contributed by atoms with E-state index in [1.807, 2.05) is 30.3 Å². The van der Waals surface area contributed by atoms with Crippen LogP contribution in [-0.2, 0) is 30.5 Å². The lowest BCUT2D eigenvalue weighted by Gasteiger charge is -2.22. The summed E-state index contributed by atoms with van der Waals surface area (Å²) in [5.41, 5.74) is 0.850. The van der Waals surface area contributed by atoms with E-state index in [-0.39, 0.29) is 32.4 Å². The minimum atomic E-state index is -1.26. The molecular weight excluding hydrogens is 317 g/mol. The Morgan fingerprint density at radius 2 is 1.92 bits per heavy atom. The fourth-order valence-corrected chi connectivity index (χ4v) is 2.58. The molecular formula is C17H20FNO5. The Balaban J connectivity index is 1.79. The van der Waals surface area contributed by atoms with Crippen molar-refractivity contribution in [1.29, 1.82) is 0 Å². The van der Waals surface area contributed by atoms with E-state index < -0.39 is 30.1 Å². The largest absolute Gasteiger partial charge is 0.467 e. The average Bonchev–Trinajstić information content (AvgIpc) is 3.00. The highest BCUT2D eigenvalue weighted by Crippen LogP contribution is 2.22. The number of esters is 2. The van der Waals surface area contributed by atoms with E-state index in [1.165, 1.54) is 7.11 Å². The summed E-state index contributed by atoms with van der Waals surface area (Å²) >= 11 is 0. The molecule has 6 nitrogen and oxygen atoms in total. The fraction of sp³-hybridized carbons (Fsp3) is 0.471. The number of benzene rings is 1. The molecule has 0 aliphatic carbocycles. The van der Waals surface area contributed by atoms with Crippen LogP contribution in [0, 0.1) is 0 Å². The van der Waals surface area contributed by atoms with Crippen molar-refractivity contribution in [3.05, 3.63) is 35.9 Å². The van der Waals surface area contributed by atoms with Gasteiger partial charge in [0, 0.05) is 12.8 Å². The number of methoxy groups -OCH3 is 1. The van der Waals surface area contributed by atoms with Gasteiger partial charge in [0.2, 0.25) is 5.91 Å². The van der Waals surface area contributed by atoms with Crippen LogP contribution in [0.4, 0.5) is 4.39 Å². The highest BCUT2D eigenvalue weighted by molar-refractivity contribution is 5.87. The summed E-state index contributed by atoms with van der Waals surface area (Å²) in [6.45, 7) is -0.0212. The van der Waals surface area contributed by atoms with Gasteiger partial charge < -0.3 is 14.4 Å². The lowest BCUT2D eigenvalue weighted by molar-refractivity contribution is -0.152. The molecule has 1 aliphatic rings. The normalized spacial score (nSPS) is 19.8. The molecule has 1 aromatic carbocycles. The zero-order valence-electron chi connectivity index (χ0n) is 13.4. The van der Waals surface area contributed by atoms with Crippen LogP contribution in [0.3, 0.4) is 0 Å². The topological polar surface area (TPSA) is 72.9 Å². The van der Waals surface area contributed by atoms with Gasteiger partial charge in [0.1, 0.15) is 18.8 Å². The van der Waals surface area contributed by atoms with Crippen molar-refractivity contribution in [2.45, 2.75) is 38.1 Å². The van der Waals surface area contributed by atoms with Crippen LogP contribution in [0.15, 0.2) is 30.3 Å².